The third-order valence-corrected chi connectivity index (χ3v) is 6.42. The monoisotopic (exact) mass is 429 g/mol. The molecular formula is C26H28FN5. The largest absolute Gasteiger partial charge is 0.329 e. The summed E-state index contributed by atoms with van der Waals surface area (Å²) in [4.78, 5) is 14.1. The Morgan fingerprint density at radius 3 is 2.53 bits per heavy atom. The van der Waals surface area contributed by atoms with Gasteiger partial charge in [-0.05, 0) is 61.5 Å². The van der Waals surface area contributed by atoms with Crippen LogP contribution in [0.5, 0.6) is 0 Å². The van der Waals surface area contributed by atoms with Crippen LogP contribution in [0.1, 0.15) is 5.56 Å². The molecule has 0 atom stereocenters. The number of imidazole rings is 1. The number of likely N-dealkylation sites (N-methyl/N-ethyl adjacent to an activating group) is 1. The second kappa shape index (κ2) is 8.81. The van der Waals surface area contributed by atoms with Gasteiger partial charge in [-0.1, -0.05) is 12.1 Å². The fourth-order valence-corrected chi connectivity index (χ4v) is 4.38. The molecule has 0 saturated carbocycles. The highest BCUT2D eigenvalue weighted by Gasteiger charge is 2.15. The van der Waals surface area contributed by atoms with Crippen LogP contribution in [0.25, 0.3) is 33.4 Å². The summed E-state index contributed by atoms with van der Waals surface area (Å²) in [6.45, 7) is 8.21. The van der Waals surface area contributed by atoms with Crippen LogP contribution in [-0.2, 0) is 6.54 Å². The molecule has 4 aromatic rings. The standard InChI is InChI=1S/C26H28FN5/c1-19-16-21(5-7-23(19)27)26-22(4-3-9-28-26)20-6-8-24-25(17-20)32(18-29-24)15-14-31-12-10-30(2)11-13-31/h3-9,16-18H,10-15H2,1-2H3. The van der Waals surface area contributed by atoms with Crippen LogP contribution in [0.15, 0.2) is 61.1 Å². The molecule has 5 rings (SSSR count). The van der Waals surface area contributed by atoms with Crippen LogP contribution in [0, 0.1) is 12.7 Å². The van der Waals surface area contributed by atoms with Crippen molar-refractivity contribution in [3.63, 3.8) is 0 Å². The molecule has 0 N–H and O–H groups in total. The molecule has 6 heteroatoms. The van der Waals surface area contributed by atoms with Gasteiger partial charge in [0.25, 0.3) is 0 Å². The Kier molecular flexibility index (Phi) is 5.72. The number of fused-ring (bicyclic) bond motifs is 1. The molecule has 2 aromatic carbocycles. The van der Waals surface area contributed by atoms with Crippen molar-refractivity contribution >= 4 is 11.0 Å². The number of hydrogen-bond acceptors (Lipinski definition) is 4. The lowest BCUT2D eigenvalue weighted by Crippen LogP contribution is -2.45. The number of aryl methyl sites for hydroxylation is 1. The first-order chi connectivity index (χ1) is 15.6. The molecule has 0 spiro atoms. The molecule has 2 aromatic heterocycles. The van der Waals surface area contributed by atoms with Gasteiger partial charge in [-0.3, -0.25) is 9.88 Å². The number of rotatable bonds is 5. The second-order valence-corrected chi connectivity index (χ2v) is 8.65. The van der Waals surface area contributed by atoms with Gasteiger partial charge in [0.1, 0.15) is 5.82 Å². The van der Waals surface area contributed by atoms with E-state index in [1.54, 1.807) is 19.2 Å². The predicted molar refractivity (Wildman–Crippen MR) is 127 cm³/mol. The molecule has 1 fully saturated rings. The summed E-state index contributed by atoms with van der Waals surface area (Å²) in [5.74, 6) is -0.197. The molecule has 1 aliphatic heterocycles. The van der Waals surface area contributed by atoms with E-state index < -0.39 is 0 Å². The van der Waals surface area contributed by atoms with E-state index in [1.165, 1.54) is 6.07 Å². The fourth-order valence-electron chi connectivity index (χ4n) is 4.38. The lowest BCUT2D eigenvalue weighted by atomic mass is 9.98. The van der Waals surface area contributed by atoms with E-state index in [0.29, 0.717) is 5.56 Å². The van der Waals surface area contributed by atoms with Crippen molar-refractivity contribution in [2.75, 3.05) is 39.8 Å². The summed E-state index contributed by atoms with van der Waals surface area (Å²) in [6.07, 6.45) is 3.73. The average molecular weight is 430 g/mol. The molecule has 3 heterocycles. The topological polar surface area (TPSA) is 37.2 Å². The van der Waals surface area contributed by atoms with E-state index in [-0.39, 0.29) is 5.82 Å². The van der Waals surface area contributed by atoms with E-state index in [0.717, 1.165) is 72.7 Å². The maximum Gasteiger partial charge on any atom is 0.126 e. The molecule has 0 unspecified atom stereocenters. The number of aromatic nitrogens is 3. The van der Waals surface area contributed by atoms with Crippen LogP contribution >= 0.6 is 0 Å². The van der Waals surface area contributed by atoms with Crippen LogP contribution in [-0.4, -0.2) is 64.1 Å². The van der Waals surface area contributed by atoms with E-state index in [2.05, 4.69) is 55.6 Å². The van der Waals surface area contributed by atoms with E-state index in [9.17, 15) is 4.39 Å². The van der Waals surface area contributed by atoms with Gasteiger partial charge in [0, 0.05) is 56.6 Å². The molecule has 0 aliphatic carbocycles. The predicted octanol–water partition coefficient (Wildman–Crippen LogP) is 4.46. The van der Waals surface area contributed by atoms with Crippen molar-refractivity contribution in [3.8, 4) is 22.4 Å². The third kappa shape index (κ3) is 4.16. The first kappa shape index (κ1) is 20.8. The molecule has 32 heavy (non-hydrogen) atoms. The highest BCUT2D eigenvalue weighted by Crippen LogP contribution is 2.32. The Balaban J connectivity index is 1.45. The Morgan fingerprint density at radius 2 is 1.72 bits per heavy atom. The maximum atomic E-state index is 13.8. The molecule has 1 aliphatic rings. The summed E-state index contributed by atoms with van der Waals surface area (Å²) in [5, 5.41) is 0. The SMILES string of the molecule is Cc1cc(-c2ncccc2-c2ccc3ncn(CCN4CCN(C)CC4)c3c2)ccc1F. The summed E-state index contributed by atoms with van der Waals surface area (Å²) in [5.41, 5.74) is 6.64. The fraction of sp³-hybridized carbons (Fsp3) is 0.308. The lowest BCUT2D eigenvalue weighted by molar-refractivity contribution is 0.150. The van der Waals surface area contributed by atoms with Gasteiger partial charge in [-0.2, -0.15) is 0 Å². The molecule has 5 nitrogen and oxygen atoms in total. The zero-order valence-electron chi connectivity index (χ0n) is 18.6. The molecule has 1 saturated heterocycles. The minimum absolute atomic E-state index is 0.197. The highest BCUT2D eigenvalue weighted by molar-refractivity contribution is 5.87. The first-order valence-electron chi connectivity index (χ1n) is 11.2. The van der Waals surface area contributed by atoms with Gasteiger partial charge < -0.3 is 9.47 Å². The Hall–Kier alpha value is -3.09. The van der Waals surface area contributed by atoms with Crippen molar-refractivity contribution in [1.82, 2.24) is 24.3 Å². The van der Waals surface area contributed by atoms with Crippen molar-refractivity contribution in [2.45, 2.75) is 13.5 Å². The van der Waals surface area contributed by atoms with Crippen molar-refractivity contribution in [2.24, 2.45) is 0 Å². The Labute approximate surface area is 188 Å². The van der Waals surface area contributed by atoms with Gasteiger partial charge in [-0.25, -0.2) is 9.37 Å². The van der Waals surface area contributed by atoms with E-state index in [1.807, 2.05) is 18.5 Å². The van der Waals surface area contributed by atoms with Gasteiger partial charge in [0.05, 0.1) is 23.1 Å². The highest BCUT2D eigenvalue weighted by atomic mass is 19.1. The molecule has 0 radical (unpaired) electrons. The Bertz CT molecular complexity index is 1240. The van der Waals surface area contributed by atoms with Gasteiger partial charge in [0.2, 0.25) is 0 Å². The lowest BCUT2D eigenvalue weighted by Gasteiger charge is -2.32. The zero-order valence-corrected chi connectivity index (χ0v) is 18.6. The quantitative estimate of drug-likeness (QED) is 0.469. The number of halogens is 1. The Morgan fingerprint density at radius 1 is 0.906 bits per heavy atom. The maximum absolute atomic E-state index is 13.8. The number of benzene rings is 2. The first-order valence-corrected chi connectivity index (χ1v) is 11.2. The summed E-state index contributed by atoms with van der Waals surface area (Å²) >= 11 is 0. The van der Waals surface area contributed by atoms with Crippen molar-refractivity contribution in [1.29, 1.82) is 0 Å². The normalized spacial score (nSPS) is 15.5. The van der Waals surface area contributed by atoms with Crippen LogP contribution < -0.4 is 0 Å². The number of pyridine rings is 1. The van der Waals surface area contributed by atoms with Gasteiger partial charge in [-0.15, -0.1) is 0 Å². The van der Waals surface area contributed by atoms with Crippen LogP contribution in [0.3, 0.4) is 0 Å². The summed E-state index contributed by atoms with van der Waals surface area (Å²) in [7, 11) is 2.18. The van der Waals surface area contributed by atoms with E-state index >= 15 is 0 Å². The number of hydrogen-bond donors (Lipinski definition) is 0. The molecular weight excluding hydrogens is 401 g/mol. The number of piperazine rings is 1. The summed E-state index contributed by atoms with van der Waals surface area (Å²) in [6, 6.07) is 15.6. The van der Waals surface area contributed by atoms with Gasteiger partial charge in [0.15, 0.2) is 0 Å². The summed E-state index contributed by atoms with van der Waals surface area (Å²) < 4.78 is 16.1. The van der Waals surface area contributed by atoms with Crippen LogP contribution in [0.4, 0.5) is 4.39 Å². The minimum atomic E-state index is -0.197. The molecule has 0 amide bonds. The zero-order chi connectivity index (χ0) is 22.1. The molecule has 164 valence electrons. The smallest absolute Gasteiger partial charge is 0.126 e. The second-order valence-electron chi connectivity index (χ2n) is 8.65. The third-order valence-electron chi connectivity index (χ3n) is 6.42. The average Bonchev–Trinajstić information content (AvgIpc) is 3.23. The van der Waals surface area contributed by atoms with Gasteiger partial charge >= 0.3 is 0 Å². The van der Waals surface area contributed by atoms with Crippen molar-refractivity contribution in [3.05, 3.63) is 72.4 Å². The molecule has 0 bridgehead atoms. The van der Waals surface area contributed by atoms with Crippen LogP contribution in [0.2, 0.25) is 0 Å². The number of nitrogens with zero attached hydrogens (tertiary/aromatic N) is 5. The van der Waals surface area contributed by atoms with E-state index in [4.69, 9.17) is 0 Å². The minimum Gasteiger partial charge on any atom is -0.329 e. The van der Waals surface area contributed by atoms with Crippen molar-refractivity contribution < 1.29 is 4.39 Å².